The van der Waals surface area contributed by atoms with Gasteiger partial charge < -0.3 is 10.1 Å². The van der Waals surface area contributed by atoms with Crippen molar-refractivity contribution in [2.24, 2.45) is 0 Å². The van der Waals surface area contributed by atoms with Gasteiger partial charge in [0.2, 0.25) is 0 Å². The molecule has 1 aromatic carbocycles. The van der Waals surface area contributed by atoms with Crippen molar-refractivity contribution in [1.29, 1.82) is 0 Å². The second-order valence-electron chi connectivity index (χ2n) is 3.98. The summed E-state index contributed by atoms with van der Waals surface area (Å²) in [5, 5.41) is 9.11. The van der Waals surface area contributed by atoms with Crippen LogP contribution in [0, 0.1) is 5.82 Å². The average molecular weight is 420 g/mol. The second kappa shape index (κ2) is 4.94. The minimum Gasteiger partial charge on any atom is -0.478 e. The standard InChI is InChI=1S/C12H5Br2FN2O2S/c13-8-3-6(10(14)20-8)11-16-7-2-4(15)1-5(12(18)19)9(7)17-11/h1-3H,(H,16,17)(H,18,19). The van der Waals surface area contributed by atoms with Crippen molar-refractivity contribution in [2.75, 3.05) is 0 Å². The van der Waals surface area contributed by atoms with Gasteiger partial charge in [0.1, 0.15) is 17.2 Å². The number of carboxylic acids is 1. The van der Waals surface area contributed by atoms with Gasteiger partial charge in [0.05, 0.1) is 18.7 Å². The molecular weight excluding hydrogens is 415 g/mol. The van der Waals surface area contributed by atoms with Gasteiger partial charge in [-0.1, -0.05) is 0 Å². The number of benzene rings is 1. The van der Waals surface area contributed by atoms with Gasteiger partial charge in [-0.25, -0.2) is 14.2 Å². The van der Waals surface area contributed by atoms with Gasteiger partial charge in [-0.15, -0.1) is 11.3 Å². The van der Waals surface area contributed by atoms with Crippen LogP contribution in [0.4, 0.5) is 4.39 Å². The van der Waals surface area contributed by atoms with E-state index < -0.39 is 11.8 Å². The molecule has 0 fully saturated rings. The maximum absolute atomic E-state index is 13.4. The summed E-state index contributed by atoms with van der Waals surface area (Å²) in [6, 6.07) is 4.05. The van der Waals surface area contributed by atoms with E-state index in [1.54, 1.807) is 0 Å². The highest BCUT2D eigenvalue weighted by Gasteiger charge is 2.17. The number of rotatable bonds is 2. The fourth-order valence-electron chi connectivity index (χ4n) is 1.87. The van der Waals surface area contributed by atoms with Gasteiger partial charge in [0.15, 0.2) is 0 Å². The summed E-state index contributed by atoms with van der Waals surface area (Å²) in [7, 11) is 0. The van der Waals surface area contributed by atoms with Gasteiger partial charge >= 0.3 is 5.97 Å². The molecule has 0 saturated carbocycles. The zero-order valence-electron chi connectivity index (χ0n) is 9.58. The zero-order chi connectivity index (χ0) is 14.4. The molecule has 0 aliphatic carbocycles. The molecule has 0 radical (unpaired) electrons. The van der Waals surface area contributed by atoms with Crippen molar-refractivity contribution in [2.45, 2.75) is 0 Å². The molecule has 4 nitrogen and oxygen atoms in total. The van der Waals surface area contributed by atoms with Crippen molar-refractivity contribution in [1.82, 2.24) is 9.97 Å². The van der Waals surface area contributed by atoms with Crippen LogP contribution < -0.4 is 0 Å². The van der Waals surface area contributed by atoms with Crippen molar-refractivity contribution >= 4 is 60.2 Å². The smallest absolute Gasteiger partial charge is 0.338 e. The third-order valence-electron chi connectivity index (χ3n) is 2.69. The molecule has 2 N–H and O–H groups in total. The summed E-state index contributed by atoms with van der Waals surface area (Å²) in [6.45, 7) is 0. The number of nitrogens with zero attached hydrogens (tertiary/aromatic N) is 1. The molecule has 0 spiro atoms. The Balaban J connectivity index is 2.28. The zero-order valence-corrected chi connectivity index (χ0v) is 13.6. The van der Waals surface area contributed by atoms with Crippen LogP contribution in [0.2, 0.25) is 0 Å². The minimum atomic E-state index is -1.21. The summed E-state index contributed by atoms with van der Waals surface area (Å²) in [6.07, 6.45) is 0. The van der Waals surface area contributed by atoms with E-state index in [4.69, 9.17) is 5.11 Å². The van der Waals surface area contributed by atoms with Crippen molar-refractivity contribution in [3.63, 3.8) is 0 Å². The molecule has 8 heteroatoms. The summed E-state index contributed by atoms with van der Waals surface area (Å²) < 4.78 is 15.2. The molecule has 102 valence electrons. The molecule has 20 heavy (non-hydrogen) atoms. The lowest BCUT2D eigenvalue weighted by Gasteiger charge is -1.95. The first-order chi connectivity index (χ1) is 9.45. The molecule has 2 aromatic heterocycles. The Morgan fingerprint density at radius 2 is 2.10 bits per heavy atom. The number of H-pyrrole nitrogens is 1. The number of fused-ring (bicyclic) bond motifs is 1. The molecule has 0 aliphatic heterocycles. The number of carbonyl (C=O) groups is 1. The maximum Gasteiger partial charge on any atom is 0.338 e. The Kier molecular flexibility index (Phi) is 3.39. The first kappa shape index (κ1) is 13.7. The first-order valence-electron chi connectivity index (χ1n) is 5.33. The molecule has 0 amide bonds. The molecule has 2 heterocycles. The molecule has 3 aromatic rings. The Labute approximate surface area is 132 Å². The number of halogens is 3. The highest BCUT2D eigenvalue weighted by molar-refractivity contribution is 9.12. The van der Waals surface area contributed by atoms with E-state index in [0.29, 0.717) is 11.3 Å². The molecule has 0 atom stereocenters. The molecule has 3 rings (SSSR count). The third-order valence-corrected chi connectivity index (χ3v) is 5.03. The van der Waals surface area contributed by atoms with Gasteiger partial charge in [-0.3, -0.25) is 0 Å². The Hall–Kier alpha value is -1.25. The number of imidazole rings is 1. The van der Waals surface area contributed by atoms with Crippen LogP contribution in [0.5, 0.6) is 0 Å². The molecule has 0 saturated heterocycles. The fraction of sp³-hybridized carbons (Fsp3) is 0. The lowest BCUT2D eigenvalue weighted by molar-refractivity contribution is 0.0698. The fourth-order valence-corrected chi connectivity index (χ4v) is 4.68. The van der Waals surface area contributed by atoms with E-state index >= 15 is 0 Å². The van der Waals surface area contributed by atoms with Gasteiger partial charge in [-0.2, -0.15) is 0 Å². The van der Waals surface area contributed by atoms with E-state index in [-0.39, 0.29) is 11.1 Å². The van der Waals surface area contributed by atoms with Gasteiger partial charge in [-0.05, 0) is 50.1 Å². The maximum atomic E-state index is 13.4. The molecule has 0 aliphatic rings. The van der Waals surface area contributed by atoms with Crippen LogP contribution in [0.1, 0.15) is 10.4 Å². The Morgan fingerprint density at radius 3 is 2.70 bits per heavy atom. The number of hydrogen-bond acceptors (Lipinski definition) is 3. The van der Waals surface area contributed by atoms with Crippen LogP contribution in [0.25, 0.3) is 22.4 Å². The monoisotopic (exact) mass is 418 g/mol. The van der Waals surface area contributed by atoms with Crippen LogP contribution in [0.3, 0.4) is 0 Å². The third kappa shape index (κ3) is 2.27. The second-order valence-corrected chi connectivity index (χ2v) is 7.73. The van der Waals surface area contributed by atoms with Crippen molar-refractivity contribution in [3.05, 3.63) is 37.2 Å². The predicted molar refractivity (Wildman–Crippen MR) is 81.7 cm³/mol. The normalized spacial score (nSPS) is 11.2. The number of thiophene rings is 1. The van der Waals surface area contributed by atoms with Crippen molar-refractivity contribution in [3.8, 4) is 11.4 Å². The van der Waals surface area contributed by atoms with E-state index in [2.05, 4.69) is 41.8 Å². The number of aromatic carboxylic acids is 1. The largest absolute Gasteiger partial charge is 0.478 e. The van der Waals surface area contributed by atoms with Crippen LogP contribution in [-0.4, -0.2) is 21.0 Å². The van der Waals surface area contributed by atoms with E-state index in [0.717, 1.165) is 19.2 Å². The Morgan fingerprint density at radius 1 is 1.35 bits per heavy atom. The predicted octanol–water partition coefficient (Wildman–Crippen LogP) is 4.65. The summed E-state index contributed by atoms with van der Waals surface area (Å²) in [5.74, 6) is -1.34. The summed E-state index contributed by atoms with van der Waals surface area (Å²) in [4.78, 5) is 18.4. The number of aromatic nitrogens is 2. The number of aromatic amines is 1. The summed E-state index contributed by atoms with van der Waals surface area (Å²) >= 11 is 8.25. The number of carboxylic acid groups (broad SMARTS) is 1. The Bertz CT molecular complexity index is 843. The van der Waals surface area contributed by atoms with Crippen LogP contribution in [-0.2, 0) is 0 Å². The van der Waals surface area contributed by atoms with Crippen molar-refractivity contribution < 1.29 is 14.3 Å². The SMILES string of the molecule is O=C(O)c1cc(F)cc2[nH]c(-c3cc(Br)sc3Br)nc12. The highest BCUT2D eigenvalue weighted by Crippen LogP contribution is 2.38. The lowest BCUT2D eigenvalue weighted by atomic mass is 10.2. The molecule has 0 bridgehead atoms. The van der Waals surface area contributed by atoms with Gasteiger partial charge in [0.25, 0.3) is 0 Å². The highest BCUT2D eigenvalue weighted by atomic mass is 79.9. The topological polar surface area (TPSA) is 66.0 Å². The van der Waals surface area contributed by atoms with E-state index in [9.17, 15) is 9.18 Å². The molecule has 0 unspecified atom stereocenters. The minimum absolute atomic E-state index is 0.159. The van der Waals surface area contributed by atoms with Gasteiger partial charge in [0, 0.05) is 5.56 Å². The average Bonchev–Trinajstić information content (AvgIpc) is 2.90. The lowest BCUT2D eigenvalue weighted by Crippen LogP contribution is -1.98. The number of hydrogen-bond donors (Lipinski definition) is 2. The van der Waals surface area contributed by atoms with Crippen LogP contribution in [0.15, 0.2) is 25.8 Å². The first-order valence-corrected chi connectivity index (χ1v) is 7.73. The summed E-state index contributed by atoms with van der Waals surface area (Å²) in [5.41, 5.74) is 1.22. The van der Waals surface area contributed by atoms with Crippen LogP contribution >= 0.6 is 43.2 Å². The quantitative estimate of drug-likeness (QED) is 0.635. The number of nitrogens with one attached hydrogen (secondary N) is 1. The molecular formula is C12H5Br2FN2O2S. The van der Waals surface area contributed by atoms with E-state index in [1.165, 1.54) is 17.4 Å². The van der Waals surface area contributed by atoms with E-state index in [1.807, 2.05) is 6.07 Å².